The van der Waals surface area contributed by atoms with Crippen molar-refractivity contribution in [3.8, 4) is 11.5 Å². The lowest BCUT2D eigenvalue weighted by Gasteiger charge is -2.20. The molecule has 1 aliphatic rings. The van der Waals surface area contributed by atoms with E-state index in [0.717, 1.165) is 29.9 Å². The van der Waals surface area contributed by atoms with Gasteiger partial charge in [-0.2, -0.15) is 0 Å². The number of thiocarbonyl (C=S) groups is 1. The van der Waals surface area contributed by atoms with Crippen LogP contribution in [0.5, 0.6) is 11.5 Å². The van der Waals surface area contributed by atoms with Crippen LogP contribution in [0.4, 0.5) is 0 Å². The summed E-state index contributed by atoms with van der Waals surface area (Å²) in [6.07, 6.45) is 1.55. The highest BCUT2D eigenvalue weighted by atomic mass is 35.5. The Labute approximate surface area is 117 Å². The van der Waals surface area contributed by atoms with Gasteiger partial charge in [0, 0.05) is 17.5 Å². The van der Waals surface area contributed by atoms with Crippen molar-refractivity contribution in [2.75, 3.05) is 13.2 Å². The molecule has 2 rings (SSSR count). The van der Waals surface area contributed by atoms with E-state index in [2.05, 4.69) is 6.92 Å². The van der Waals surface area contributed by atoms with Crippen LogP contribution < -0.4 is 15.2 Å². The van der Waals surface area contributed by atoms with Gasteiger partial charge in [0.2, 0.25) is 0 Å². The Kier molecular flexibility index (Phi) is 4.30. The quantitative estimate of drug-likeness (QED) is 0.864. The van der Waals surface area contributed by atoms with Crippen molar-refractivity contribution >= 4 is 28.8 Å². The lowest BCUT2D eigenvalue weighted by Crippen LogP contribution is -2.16. The molecule has 1 unspecified atom stereocenters. The molecule has 0 aliphatic carbocycles. The average Bonchev–Trinajstić information content (AvgIpc) is 2.29. The van der Waals surface area contributed by atoms with Crippen LogP contribution in [0.15, 0.2) is 12.1 Å². The number of halogens is 1. The molecule has 18 heavy (non-hydrogen) atoms. The van der Waals surface area contributed by atoms with Gasteiger partial charge in [0.05, 0.1) is 4.99 Å². The first-order chi connectivity index (χ1) is 8.56. The third-order valence-electron chi connectivity index (χ3n) is 2.83. The number of rotatable bonds is 4. The smallest absolute Gasteiger partial charge is 0.162 e. The second-order valence-corrected chi connectivity index (χ2v) is 5.50. The zero-order chi connectivity index (χ0) is 13.1. The first-order valence-corrected chi connectivity index (χ1v) is 6.71. The van der Waals surface area contributed by atoms with Crippen LogP contribution in [0.2, 0.25) is 5.02 Å². The maximum absolute atomic E-state index is 6.24. The molecule has 0 amide bonds. The summed E-state index contributed by atoms with van der Waals surface area (Å²) < 4.78 is 11.0. The van der Waals surface area contributed by atoms with Gasteiger partial charge < -0.3 is 15.2 Å². The molecule has 1 aromatic carbocycles. The zero-order valence-electron chi connectivity index (χ0n) is 10.2. The average molecular weight is 286 g/mol. The van der Waals surface area contributed by atoms with Gasteiger partial charge in [-0.05, 0) is 24.0 Å². The SMILES string of the molecule is CC(CC(N)=S)Cc1cc2c(cc1Cl)OCCO2. The van der Waals surface area contributed by atoms with E-state index in [9.17, 15) is 0 Å². The van der Waals surface area contributed by atoms with Crippen molar-refractivity contribution in [3.05, 3.63) is 22.7 Å². The Bertz CT molecular complexity index is 465. The minimum Gasteiger partial charge on any atom is -0.486 e. The van der Waals surface area contributed by atoms with E-state index in [4.69, 9.17) is 39.0 Å². The van der Waals surface area contributed by atoms with Crippen LogP contribution in [-0.2, 0) is 6.42 Å². The van der Waals surface area contributed by atoms with Crippen molar-refractivity contribution < 1.29 is 9.47 Å². The van der Waals surface area contributed by atoms with Gasteiger partial charge in [0.25, 0.3) is 0 Å². The first kappa shape index (κ1) is 13.4. The Morgan fingerprint density at radius 3 is 2.61 bits per heavy atom. The molecule has 5 heteroatoms. The predicted octanol–water partition coefficient (Wildman–Crippen LogP) is 2.97. The summed E-state index contributed by atoms with van der Waals surface area (Å²) in [4.78, 5) is 0.538. The molecule has 0 saturated heterocycles. The maximum Gasteiger partial charge on any atom is 0.162 e. The minimum absolute atomic E-state index is 0.363. The van der Waals surface area contributed by atoms with Crippen molar-refractivity contribution in [1.82, 2.24) is 0 Å². The van der Waals surface area contributed by atoms with Crippen LogP contribution in [-0.4, -0.2) is 18.2 Å². The molecule has 1 aliphatic heterocycles. The molecule has 0 fully saturated rings. The van der Waals surface area contributed by atoms with E-state index >= 15 is 0 Å². The van der Waals surface area contributed by atoms with E-state index in [1.165, 1.54) is 0 Å². The largest absolute Gasteiger partial charge is 0.486 e. The fraction of sp³-hybridized carbons (Fsp3) is 0.462. The molecular weight excluding hydrogens is 270 g/mol. The van der Waals surface area contributed by atoms with E-state index in [-0.39, 0.29) is 0 Å². The van der Waals surface area contributed by atoms with Crippen LogP contribution in [0.3, 0.4) is 0 Å². The lowest BCUT2D eigenvalue weighted by molar-refractivity contribution is 0.171. The van der Waals surface area contributed by atoms with Crippen LogP contribution in [0.25, 0.3) is 0 Å². The van der Waals surface area contributed by atoms with Gasteiger partial charge in [-0.1, -0.05) is 30.7 Å². The summed E-state index contributed by atoms with van der Waals surface area (Å²) >= 11 is 11.2. The predicted molar refractivity (Wildman–Crippen MR) is 76.7 cm³/mol. The van der Waals surface area contributed by atoms with E-state index in [0.29, 0.717) is 29.1 Å². The highest BCUT2D eigenvalue weighted by Gasteiger charge is 2.16. The first-order valence-electron chi connectivity index (χ1n) is 5.92. The normalized spacial score (nSPS) is 15.2. The number of nitrogens with two attached hydrogens (primary N) is 1. The molecule has 1 heterocycles. The Hall–Kier alpha value is -1.00. The Morgan fingerprint density at radius 2 is 2.00 bits per heavy atom. The summed E-state index contributed by atoms with van der Waals surface area (Å²) in [5.41, 5.74) is 6.60. The molecule has 3 nitrogen and oxygen atoms in total. The molecule has 0 aromatic heterocycles. The highest BCUT2D eigenvalue weighted by molar-refractivity contribution is 7.80. The van der Waals surface area contributed by atoms with Crippen molar-refractivity contribution in [3.63, 3.8) is 0 Å². The van der Waals surface area contributed by atoms with E-state index < -0.39 is 0 Å². The second kappa shape index (κ2) is 5.76. The van der Waals surface area contributed by atoms with Crippen LogP contribution in [0, 0.1) is 5.92 Å². The van der Waals surface area contributed by atoms with Crippen molar-refractivity contribution in [2.45, 2.75) is 19.8 Å². The lowest BCUT2D eigenvalue weighted by atomic mass is 9.97. The monoisotopic (exact) mass is 285 g/mol. The molecule has 2 N–H and O–H groups in total. The Morgan fingerprint density at radius 1 is 1.39 bits per heavy atom. The molecule has 0 bridgehead atoms. The fourth-order valence-corrected chi connectivity index (χ4v) is 2.57. The third-order valence-corrected chi connectivity index (χ3v) is 3.35. The Balaban J connectivity index is 2.15. The van der Waals surface area contributed by atoms with Crippen molar-refractivity contribution in [1.29, 1.82) is 0 Å². The van der Waals surface area contributed by atoms with E-state index in [1.54, 1.807) is 0 Å². The summed E-state index contributed by atoms with van der Waals surface area (Å²) in [7, 11) is 0. The molecule has 0 saturated carbocycles. The molecule has 0 radical (unpaired) electrons. The molecule has 98 valence electrons. The standard InChI is InChI=1S/C13H16ClNO2S/c1-8(5-13(15)18)4-9-6-11-12(7-10(9)14)17-3-2-16-11/h6-8H,2-5H2,1H3,(H2,15,18). The number of ether oxygens (including phenoxy) is 2. The molecule has 1 atom stereocenters. The molecule has 1 aromatic rings. The number of fused-ring (bicyclic) bond motifs is 1. The van der Waals surface area contributed by atoms with Crippen LogP contribution >= 0.6 is 23.8 Å². The summed E-state index contributed by atoms with van der Waals surface area (Å²) in [5, 5.41) is 0.703. The highest BCUT2D eigenvalue weighted by Crippen LogP contribution is 2.36. The molecular formula is C13H16ClNO2S. The maximum atomic E-state index is 6.24. The van der Waals surface area contributed by atoms with Gasteiger partial charge in [-0.3, -0.25) is 0 Å². The van der Waals surface area contributed by atoms with Crippen molar-refractivity contribution in [2.24, 2.45) is 11.7 Å². The molecule has 0 spiro atoms. The number of hydrogen-bond donors (Lipinski definition) is 1. The summed E-state index contributed by atoms with van der Waals surface area (Å²) in [6, 6.07) is 3.77. The number of benzene rings is 1. The van der Waals surface area contributed by atoms with Gasteiger partial charge in [-0.25, -0.2) is 0 Å². The summed E-state index contributed by atoms with van der Waals surface area (Å²) in [6.45, 7) is 3.25. The van der Waals surface area contributed by atoms with Gasteiger partial charge in [-0.15, -0.1) is 0 Å². The van der Waals surface area contributed by atoms with E-state index in [1.807, 2.05) is 12.1 Å². The van der Waals surface area contributed by atoms with Gasteiger partial charge in [0.1, 0.15) is 13.2 Å². The number of hydrogen-bond acceptors (Lipinski definition) is 3. The third kappa shape index (κ3) is 3.27. The summed E-state index contributed by atoms with van der Waals surface area (Å²) in [5.74, 6) is 1.85. The fourth-order valence-electron chi connectivity index (χ4n) is 2.05. The van der Waals surface area contributed by atoms with Gasteiger partial charge >= 0.3 is 0 Å². The zero-order valence-corrected chi connectivity index (χ0v) is 11.8. The second-order valence-electron chi connectivity index (χ2n) is 4.57. The van der Waals surface area contributed by atoms with Gasteiger partial charge in [0.15, 0.2) is 11.5 Å². The topological polar surface area (TPSA) is 44.5 Å². The minimum atomic E-state index is 0.363. The van der Waals surface area contributed by atoms with Crippen LogP contribution in [0.1, 0.15) is 18.9 Å².